The average Bonchev–Trinajstić information content (AvgIpc) is 2.16. The van der Waals surface area contributed by atoms with Gasteiger partial charge in [-0.2, -0.15) is 0 Å². The van der Waals surface area contributed by atoms with Crippen LogP contribution in [0.2, 0.25) is 0 Å². The molecular formula is C10H21NO4. The number of carbonyl (C=O) groups excluding carboxylic acids is 1. The molecule has 15 heavy (non-hydrogen) atoms. The normalized spacial score (nSPS) is 13.7. The highest BCUT2D eigenvalue weighted by molar-refractivity contribution is 5.76. The van der Waals surface area contributed by atoms with Crippen molar-refractivity contribution in [1.29, 1.82) is 0 Å². The van der Waals surface area contributed by atoms with Gasteiger partial charge in [-0.3, -0.25) is 4.79 Å². The predicted molar refractivity (Wildman–Crippen MR) is 56.5 cm³/mol. The first-order valence-corrected chi connectivity index (χ1v) is 4.90. The number of esters is 1. The molecule has 0 aromatic carbocycles. The van der Waals surface area contributed by atoms with Gasteiger partial charge in [-0.05, 0) is 13.8 Å². The number of ether oxygens (including phenoxy) is 2. The van der Waals surface area contributed by atoms with Gasteiger partial charge in [0.05, 0.1) is 25.2 Å². The molecule has 0 aliphatic heterocycles. The fraction of sp³-hybridized carbons (Fsp3) is 0.900. The fourth-order valence-corrected chi connectivity index (χ4v) is 1.15. The molecule has 0 heterocycles. The zero-order chi connectivity index (χ0) is 11.9. The quantitative estimate of drug-likeness (QED) is 0.580. The van der Waals surface area contributed by atoms with E-state index in [1.807, 2.05) is 0 Å². The maximum atomic E-state index is 11.3. The van der Waals surface area contributed by atoms with Crippen LogP contribution in [-0.2, 0) is 14.3 Å². The highest BCUT2D eigenvalue weighted by atomic mass is 16.5. The third-order valence-electron chi connectivity index (χ3n) is 2.04. The number of rotatable bonds is 7. The van der Waals surface area contributed by atoms with Crippen LogP contribution in [0.4, 0.5) is 0 Å². The highest BCUT2D eigenvalue weighted by Crippen LogP contribution is 2.15. The second-order valence-corrected chi connectivity index (χ2v) is 4.12. The number of nitrogens with one attached hydrogen (secondary N) is 1. The standard InChI is InChI=1S/C10H21NO4/c1-10(2,9(13)15-4)7-11-5-8(12)6-14-3/h8,11-12H,5-7H2,1-4H3. The lowest BCUT2D eigenvalue weighted by atomic mass is 9.94. The van der Waals surface area contributed by atoms with Crippen molar-refractivity contribution < 1.29 is 19.4 Å². The van der Waals surface area contributed by atoms with Gasteiger partial charge in [0, 0.05) is 20.2 Å². The summed E-state index contributed by atoms with van der Waals surface area (Å²) in [5.74, 6) is -0.267. The predicted octanol–water partition coefficient (Wildman–Crippen LogP) is -0.217. The summed E-state index contributed by atoms with van der Waals surface area (Å²) in [6.45, 7) is 4.71. The van der Waals surface area contributed by atoms with Crippen LogP contribution in [0.15, 0.2) is 0 Å². The van der Waals surface area contributed by atoms with Crippen LogP contribution in [0.25, 0.3) is 0 Å². The third-order valence-corrected chi connectivity index (χ3v) is 2.04. The first-order valence-electron chi connectivity index (χ1n) is 4.90. The molecule has 0 saturated carbocycles. The molecule has 5 nitrogen and oxygen atoms in total. The Hall–Kier alpha value is -0.650. The molecule has 0 fully saturated rings. The van der Waals surface area contributed by atoms with E-state index in [4.69, 9.17) is 4.74 Å². The molecule has 90 valence electrons. The van der Waals surface area contributed by atoms with E-state index in [1.165, 1.54) is 14.2 Å². The molecule has 0 radical (unpaired) electrons. The van der Waals surface area contributed by atoms with Gasteiger partial charge >= 0.3 is 5.97 Å². The van der Waals surface area contributed by atoms with Crippen molar-refractivity contribution >= 4 is 5.97 Å². The van der Waals surface area contributed by atoms with Gasteiger partial charge < -0.3 is 19.9 Å². The lowest BCUT2D eigenvalue weighted by molar-refractivity contribution is -0.150. The summed E-state index contributed by atoms with van der Waals surface area (Å²) in [5, 5.41) is 12.3. The third kappa shape index (κ3) is 5.71. The first-order chi connectivity index (χ1) is 6.94. The van der Waals surface area contributed by atoms with E-state index < -0.39 is 11.5 Å². The summed E-state index contributed by atoms with van der Waals surface area (Å²) in [7, 11) is 2.89. The maximum absolute atomic E-state index is 11.3. The monoisotopic (exact) mass is 219 g/mol. The molecule has 0 aliphatic carbocycles. The minimum Gasteiger partial charge on any atom is -0.469 e. The summed E-state index contributed by atoms with van der Waals surface area (Å²) in [6.07, 6.45) is -0.552. The van der Waals surface area contributed by atoms with E-state index in [0.717, 1.165) is 0 Å². The zero-order valence-electron chi connectivity index (χ0n) is 9.87. The molecule has 0 aromatic rings. The second-order valence-electron chi connectivity index (χ2n) is 4.12. The Morgan fingerprint density at radius 1 is 1.47 bits per heavy atom. The summed E-state index contributed by atoms with van der Waals surface area (Å²) in [5.41, 5.74) is -0.582. The average molecular weight is 219 g/mol. The number of carbonyl (C=O) groups is 1. The van der Waals surface area contributed by atoms with Gasteiger partial charge in [0.25, 0.3) is 0 Å². The maximum Gasteiger partial charge on any atom is 0.312 e. The van der Waals surface area contributed by atoms with Crippen LogP contribution in [0.5, 0.6) is 0 Å². The molecule has 0 aromatic heterocycles. The molecule has 1 unspecified atom stereocenters. The molecule has 0 bridgehead atoms. The Morgan fingerprint density at radius 3 is 2.53 bits per heavy atom. The van der Waals surface area contributed by atoms with Crippen molar-refractivity contribution in [3.8, 4) is 0 Å². The molecule has 1 atom stereocenters. The topological polar surface area (TPSA) is 67.8 Å². The van der Waals surface area contributed by atoms with Crippen LogP contribution >= 0.6 is 0 Å². The Labute approximate surface area is 90.8 Å². The molecule has 0 amide bonds. The molecule has 2 N–H and O–H groups in total. The van der Waals surface area contributed by atoms with Crippen molar-refractivity contribution in [2.75, 3.05) is 33.9 Å². The molecule has 5 heteroatoms. The largest absolute Gasteiger partial charge is 0.469 e. The summed E-state index contributed by atoms with van der Waals surface area (Å²) in [4.78, 5) is 11.3. The molecule has 0 aliphatic rings. The Morgan fingerprint density at radius 2 is 2.07 bits per heavy atom. The Balaban J connectivity index is 3.79. The van der Waals surface area contributed by atoms with E-state index in [9.17, 15) is 9.90 Å². The van der Waals surface area contributed by atoms with Gasteiger partial charge in [0.2, 0.25) is 0 Å². The van der Waals surface area contributed by atoms with Crippen LogP contribution in [0, 0.1) is 5.41 Å². The van der Waals surface area contributed by atoms with Gasteiger partial charge in [0.1, 0.15) is 0 Å². The van der Waals surface area contributed by atoms with Crippen molar-refractivity contribution in [3.05, 3.63) is 0 Å². The summed E-state index contributed by atoms with van der Waals surface area (Å²) < 4.78 is 9.43. The Bertz CT molecular complexity index is 194. The van der Waals surface area contributed by atoms with E-state index in [-0.39, 0.29) is 12.6 Å². The van der Waals surface area contributed by atoms with Gasteiger partial charge in [0.15, 0.2) is 0 Å². The molecule has 0 spiro atoms. The van der Waals surface area contributed by atoms with E-state index in [1.54, 1.807) is 13.8 Å². The highest BCUT2D eigenvalue weighted by Gasteiger charge is 2.28. The lowest BCUT2D eigenvalue weighted by Crippen LogP contribution is -2.40. The smallest absolute Gasteiger partial charge is 0.312 e. The molecular weight excluding hydrogens is 198 g/mol. The van der Waals surface area contributed by atoms with Crippen molar-refractivity contribution in [1.82, 2.24) is 5.32 Å². The number of hydrogen-bond donors (Lipinski definition) is 2. The zero-order valence-corrected chi connectivity index (χ0v) is 9.87. The van der Waals surface area contributed by atoms with E-state index in [2.05, 4.69) is 10.1 Å². The minimum absolute atomic E-state index is 0.267. The van der Waals surface area contributed by atoms with Gasteiger partial charge in [-0.25, -0.2) is 0 Å². The molecule has 0 rings (SSSR count). The lowest BCUT2D eigenvalue weighted by Gasteiger charge is -2.22. The number of methoxy groups -OCH3 is 2. The SMILES string of the molecule is COCC(O)CNCC(C)(C)C(=O)OC. The number of aliphatic hydroxyl groups is 1. The molecule has 0 saturated heterocycles. The number of hydrogen-bond acceptors (Lipinski definition) is 5. The number of aliphatic hydroxyl groups excluding tert-OH is 1. The van der Waals surface area contributed by atoms with Crippen molar-refractivity contribution in [2.24, 2.45) is 5.41 Å². The van der Waals surface area contributed by atoms with E-state index >= 15 is 0 Å². The van der Waals surface area contributed by atoms with Crippen molar-refractivity contribution in [3.63, 3.8) is 0 Å². The summed E-state index contributed by atoms with van der Waals surface area (Å²) in [6, 6.07) is 0. The van der Waals surface area contributed by atoms with Crippen molar-refractivity contribution in [2.45, 2.75) is 20.0 Å². The minimum atomic E-state index is -0.582. The van der Waals surface area contributed by atoms with Crippen LogP contribution in [-0.4, -0.2) is 51.1 Å². The van der Waals surface area contributed by atoms with Gasteiger partial charge in [-0.1, -0.05) is 0 Å². The fourth-order valence-electron chi connectivity index (χ4n) is 1.15. The van der Waals surface area contributed by atoms with Crippen LogP contribution in [0.3, 0.4) is 0 Å². The van der Waals surface area contributed by atoms with Gasteiger partial charge in [-0.15, -0.1) is 0 Å². The second kappa shape index (κ2) is 6.76. The first kappa shape index (κ1) is 14.3. The van der Waals surface area contributed by atoms with Crippen LogP contribution < -0.4 is 5.32 Å². The Kier molecular flexibility index (Phi) is 6.47. The van der Waals surface area contributed by atoms with Crippen LogP contribution in [0.1, 0.15) is 13.8 Å². The summed E-state index contributed by atoms with van der Waals surface area (Å²) >= 11 is 0. The van der Waals surface area contributed by atoms with E-state index in [0.29, 0.717) is 13.1 Å².